The standard InChI is InChI=1S/C18H13ClN2O4/c19-14-5-3-13(4-6-14)12-24-15-7-9-16(10-8-15)25-18-17(21(22)23)2-1-11-20-18/h1-11H,12H2. The van der Waals surface area contributed by atoms with E-state index in [0.29, 0.717) is 23.1 Å². The summed E-state index contributed by atoms with van der Waals surface area (Å²) in [5.74, 6) is 1.03. The van der Waals surface area contributed by atoms with Crippen molar-refractivity contribution in [3.05, 3.63) is 87.6 Å². The van der Waals surface area contributed by atoms with Crippen molar-refractivity contribution in [3.63, 3.8) is 0 Å². The van der Waals surface area contributed by atoms with Gasteiger partial charge in [-0.25, -0.2) is 4.98 Å². The third-order valence-corrected chi connectivity index (χ3v) is 3.56. The molecule has 0 aliphatic heterocycles. The van der Waals surface area contributed by atoms with Crippen LogP contribution in [0, 0.1) is 10.1 Å². The zero-order chi connectivity index (χ0) is 17.6. The highest BCUT2D eigenvalue weighted by Crippen LogP contribution is 2.29. The van der Waals surface area contributed by atoms with E-state index >= 15 is 0 Å². The van der Waals surface area contributed by atoms with Gasteiger partial charge in [-0.15, -0.1) is 0 Å². The molecule has 2 aromatic carbocycles. The van der Waals surface area contributed by atoms with E-state index in [1.807, 2.05) is 12.1 Å². The molecule has 0 bridgehead atoms. The number of hydrogen-bond donors (Lipinski definition) is 0. The lowest BCUT2D eigenvalue weighted by molar-refractivity contribution is -0.386. The van der Waals surface area contributed by atoms with Crippen molar-refractivity contribution in [1.82, 2.24) is 4.98 Å². The molecule has 3 rings (SSSR count). The number of nitrogens with zero attached hydrogens (tertiary/aromatic N) is 2. The molecule has 0 unspecified atom stereocenters. The number of ether oxygens (including phenoxy) is 2. The van der Waals surface area contributed by atoms with Crippen LogP contribution in [0.1, 0.15) is 5.56 Å². The summed E-state index contributed by atoms with van der Waals surface area (Å²) in [6.07, 6.45) is 1.44. The minimum atomic E-state index is -0.536. The summed E-state index contributed by atoms with van der Waals surface area (Å²) in [6, 6.07) is 17.0. The monoisotopic (exact) mass is 356 g/mol. The molecule has 7 heteroatoms. The smallest absolute Gasteiger partial charge is 0.331 e. The van der Waals surface area contributed by atoms with Gasteiger partial charge in [-0.2, -0.15) is 0 Å². The normalized spacial score (nSPS) is 10.3. The fourth-order valence-electron chi connectivity index (χ4n) is 2.06. The average Bonchev–Trinajstić information content (AvgIpc) is 2.63. The van der Waals surface area contributed by atoms with E-state index in [4.69, 9.17) is 21.1 Å². The molecule has 25 heavy (non-hydrogen) atoms. The Labute approximate surface area is 148 Å². The molecule has 0 aliphatic rings. The molecule has 0 N–H and O–H groups in total. The largest absolute Gasteiger partial charge is 0.489 e. The molecule has 1 aromatic heterocycles. The molecule has 126 valence electrons. The SMILES string of the molecule is O=[N+]([O-])c1cccnc1Oc1ccc(OCc2ccc(Cl)cc2)cc1. The molecule has 0 radical (unpaired) electrons. The number of aromatic nitrogens is 1. The maximum Gasteiger partial charge on any atom is 0.331 e. The van der Waals surface area contributed by atoms with Gasteiger partial charge in [0.1, 0.15) is 18.1 Å². The highest BCUT2D eigenvalue weighted by atomic mass is 35.5. The highest BCUT2D eigenvalue weighted by molar-refractivity contribution is 6.30. The Kier molecular flexibility index (Phi) is 5.11. The van der Waals surface area contributed by atoms with Gasteiger partial charge in [-0.3, -0.25) is 10.1 Å². The van der Waals surface area contributed by atoms with Gasteiger partial charge in [-0.1, -0.05) is 23.7 Å². The molecule has 6 nitrogen and oxygen atoms in total. The molecular formula is C18H13ClN2O4. The van der Waals surface area contributed by atoms with Gasteiger partial charge in [0, 0.05) is 17.3 Å². The summed E-state index contributed by atoms with van der Waals surface area (Å²) in [6.45, 7) is 0.406. The molecule has 3 aromatic rings. The molecule has 0 saturated heterocycles. The fourth-order valence-corrected chi connectivity index (χ4v) is 2.19. The van der Waals surface area contributed by atoms with Crippen LogP contribution >= 0.6 is 11.6 Å². The Morgan fingerprint density at radius 3 is 2.36 bits per heavy atom. The van der Waals surface area contributed by atoms with Crippen LogP contribution in [-0.4, -0.2) is 9.91 Å². The Bertz CT molecular complexity index is 867. The summed E-state index contributed by atoms with van der Waals surface area (Å²) < 4.78 is 11.2. The van der Waals surface area contributed by atoms with Gasteiger partial charge >= 0.3 is 5.69 Å². The van der Waals surface area contributed by atoms with Crippen molar-refractivity contribution >= 4 is 17.3 Å². The van der Waals surface area contributed by atoms with Gasteiger partial charge in [0.15, 0.2) is 0 Å². The Morgan fingerprint density at radius 2 is 1.68 bits per heavy atom. The molecule has 0 aliphatic carbocycles. The topological polar surface area (TPSA) is 74.5 Å². The van der Waals surface area contributed by atoms with Crippen molar-refractivity contribution in [2.75, 3.05) is 0 Å². The lowest BCUT2D eigenvalue weighted by Gasteiger charge is -2.08. The number of benzene rings is 2. The Hall–Kier alpha value is -3.12. The Balaban J connectivity index is 1.64. The fraction of sp³-hybridized carbons (Fsp3) is 0.0556. The van der Waals surface area contributed by atoms with Crippen molar-refractivity contribution in [3.8, 4) is 17.4 Å². The summed E-state index contributed by atoms with van der Waals surface area (Å²) in [5.41, 5.74) is 0.805. The van der Waals surface area contributed by atoms with Crippen LogP contribution in [0.15, 0.2) is 66.9 Å². The number of pyridine rings is 1. The van der Waals surface area contributed by atoms with Gasteiger partial charge in [-0.05, 0) is 48.0 Å². The zero-order valence-electron chi connectivity index (χ0n) is 13.0. The van der Waals surface area contributed by atoms with E-state index in [1.165, 1.54) is 18.3 Å². The van der Waals surface area contributed by atoms with Gasteiger partial charge in [0.2, 0.25) is 0 Å². The van der Waals surface area contributed by atoms with E-state index in [0.717, 1.165) is 5.56 Å². The highest BCUT2D eigenvalue weighted by Gasteiger charge is 2.16. The third-order valence-electron chi connectivity index (χ3n) is 3.30. The van der Waals surface area contributed by atoms with Crippen LogP contribution in [0.25, 0.3) is 0 Å². The number of rotatable bonds is 6. The van der Waals surface area contributed by atoms with Crippen LogP contribution in [0.4, 0.5) is 5.69 Å². The summed E-state index contributed by atoms with van der Waals surface area (Å²) >= 11 is 5.84. The first-order chi connectivity index (χ1) is 12.1. The molecule has 0 saturated carbocycles. The van der Waals surface area contributed by atoms with Gasteiger partial charge in [0.25, 0.3) is 5.88 Å². The van der Waals surface area contributed by atoms with Crippen LogP contribution in [0.3, 0.4) is 0 Å². The van der Waals surface area contributed by atoms with Crippen LogP contribution in [0.2, 0.25) is 5.02 Å². The second kappa shape index (κ2) is 7.63. The second-order valence-corrected chi connectivity index (χ2v) is 5.51. The van der Waals surface area contributed by atoms with E-state index in [2.05, 4.69) is 4.98 Å². The second-order valence-electron chi connectivity index (χ2n) is 5.07. The van der Waals surface area contributed by atoms with Crippen molar-refractivity contribution in [2.45, 2.75) is 6.61 Å². The first-order valence-electron chi connectivity index (χ1n) is 7.36. The predicted molar refractivity (Wildman–Crippen MR) is 93.2 cm³/mol. The van der Waals surface area contributed by atoms with Crippen LogP contribution < -0.4 is 9.47 Å². The van der Waals surface area contributed by atoms with Crippen molar-refractivity contribution in [2.24, 2.45) is 0 Å². The van der Waals surface area contributed by atoms with Crippen molar-refractivity contribution in [1.29, 1.82) is 0 Å². The predicted octanol–water partition coefficient (Wildman–Crippen LogP) is 5.01. The summed E-state index contributed by atoms with van der Waals surface area (Å²) in [7, 11) is 0. The first kappa shape index (κ1) is 16.7. The number of hydrogen-bond acceptors (Lipinski definition) is 5. The van der Waals surface area contributed by atoms with E-state index < -0.39 is 4.92 Å². The minimum absolute atomic E-state index is 0.0534. The lowest BCUT2D eigenvalue weighted by atomic mass is 10.2. The van der Waals surface area contributed by atoms with Crippen molar-refractivity contribution < 1.29 is 14.4 Å². The number of halogens is 1. The minimum Gasteiger partial charge on any atom is -0.489 e. The molecule has 0 fully saturated rings. The summed E-state index contributed by atoms with van der Waals surface area (Å²) in [4.78, 5) is 14.3. The molecule has 1 heterocycles. The summed E-state index contributed by atoms with van der Waals surface area (Å²) in [5, 5.41) is 11.6. The zero-order valence-corrected chi connectivity index (χ0v) is 13.7. The van der Waals surface area contributed by atoms with Crippen LogP contribution in [0.5, 0.6) is 17.4 Å². The van der Waals surface area contributed by atoms with Gasteiger partial charge in [0.05, 0.1) is 4.92 Å². The van der Waals surface area contributed by atoms with E-state index in [1.54, 1.807) is 36.4 Å². The van der Waals surface area contributed by atoms with E-state index in [9.17, 15) is 10.1 Å². The van der Waals surface area contributed by atoms with E-state index in [-0.39, 0.29) is 11.6 Å². The first-order valence-corrected chi connectivity index (χ1v) is 7.74. The molecule has 0 amide bonds. The Morgan fingerprint density at radius 1 is 1.00 bits per heavy atom. The van der Waals surface area contributed by atoms with Gasteiger partial charge < -0.3 is 9.47 Å². The maximum absolute atomic E-state index is 11.0. The molecule has 0 spiro atoms. The molecular weight excluding hydrogens is 344 g/mol. The number of nitro groups is 1. The third kappa shape index (κ3) is 4.45. The quantitative estimate of drug-likeness (QED) is 0.458. The maximum atomic E-state index is 11.0. The lowest BCUT2D eigenvalue weighted by Crippen LogP contribution is -1.96. The van der Waals surface area contributed by atoms with Crippen LogP contribution in [-0.2, 0) is 6.61 Å². The molecule has 0 atom stereocenters. The average molecular weight is 357 g/mol.